The summed E-state index contributed by atoms with van der Waals surface area (Å²) >= 11 is 0. The number of rotatable bonds is 0. The first-order valence-electron chi connectivity index (χ1n) is 7.39. The summed E-state index contributed by atoms with van der Waals surface area (Å²) in [4.78, 5) is 11.8. The van der Waals surface area contributed by atoms with Gasteiger partial charge in [0.15, 0.2) is 0 Å². The van der Waals surface area contributed by atoms with Crippen LogP contribution in [-0.4, -0.2) is 23.8 Å². The molecule has 1 aliphatic carbocycles. The van der Waals surface area contributed by atoms with Crippen LogP contribution in [0.3, 0.4) is 0 Å². The second-order valence-corrected chi connectivity index (χ2v) is 6.78. The Labute approximate surface area is 109 Å². The number of hydrogen-bond donors (Lipinski definition) is 0. The molecular weight excluding hydrogens is 228 g/mol. The predicted molar refractivity (Wildman–Crippen MR) is 68.1 cm³/mol. The average molecular weight is 252 g/mol. The number of esters is 1. The van der Waals surface area contributed by atoms with Gasteiger partial charge < -0.3 is 9.47 Å². The largest absolute Gasteiger partial charge is 0.459 e. The van der Waals surface area contributed by atoms with Crippen LogP contribution in [-0.2, 0) is 14.3 Å². The van der Waals surface area contributed by atoms with Crippen molar-refractivity contribution in [1.29, 1.82) is 0 Å². The van der Waals surface area contributed by atoms with E-state index in [2.05, 4.69) is 13.8 Å². The van der Waals surface area contributed by atoms with E-state index in [-0.39, 0.29) is 29.7 Å². The number of hydrogen-bond acceptors (Lipinski definition) is 3. The molecule has 3 heteroatoms. The molecule has 18 heavy (non-hydrogen) atoms. The molecule has 2 aliphatic heterocycles. The Hall–Kier alpha value is -0.570. The van der Waals surface area contributed by atoms with E-state index in [4.69, 9.17) is 9.47 Å². The summed E-state index contributed by atoms with van der Waals surface area (Å²) < 4.78 is 11.5. The van der Waals surface area contributed by atoms with Gasteiger partial charge in [0.1, 0.15) is 12.2 Å². The second kappa shape index (κ2) is 4.22. The molecule has 3 rings (SSSR count). The summed E-state index contributed by atoms with van der Waals surface area (Å²) in [5, 5.41) is 0. The van der Waals surface area contributed by atoms with E-state index in [1.54, 1.807) is 0 Å². The van der Waals surface area contributed by atoms with E-state index in [1.165, 1.54) is 19.3 Å². The Balaban J connectivity index is 1.80. The zero-order valence-corrected chi connectivity index (χ0v) is 11.6. The topological polar surface area (TPSA) is 38.8 Å². The molecule has 0 amide bonds. The van der Waals surface area contributed by atoms with Gasteiger partial charge in [0.2, 0.25) is 0 Å². The molecule has 3 nitrogen and oxygen atoms in total. The van der Waals surface area contributed by atoms with Crippen LogP contribution in [0.4, 0.5) is 0 Å². The van der Waals surface area contributed by atoms with E-state index in [0.717, 1.165) is 18.8 Å². The molecular formula is C15H24O3. The highest BCUT2D eigenvalue weighted by atomic mass is 16.6. The molecule has 1 saturated carbocycles. The Morgan fingerprint density at radius 1 is 1.22 bits per heavy atom. The first-order valence-corrected chi connectivity index (χ1v) is 7.39. The van der Waals surface area contributed by atoms with Crippen LogP contribution in [0.25, 0.3) is 0 Å². The van der Waals surface area contributed by atoms with Crippen molar-refractivity contribution >= 4 is 5.97 Å². The minimum atomic E-state index is -0.0235. The molecule has 0 spiro atoms. The van der Waals surface area contributed by atoms with Crippen LogP contribution in [0.2, 0.25) is 0 Å². The van der Waals surface area contributed by atoms with E-state index < -0.39 is 0 Å². The van der Waals surface area contributed by atoms with Gasteiger partial charge in [-0.15, -0.1) is 0 Å². The van der Waals surface area contributed by atoms with Crippen LogP contribution in [0, 0.1) is 17.8 Å². The van der Waals surface area contributed by atoms with Gasteiger partial charge in [0.05, 0.1) is 11.5 Å². The molecule has 0 bridgehead atoms. The van der Waals surface area contributed by atoms with E-state index >= 15 is 0 Å². The molecule has 6 atom stereocenters. The first-order chi connectivity index (χ1) is 8.51. The molecule has 2 heterocycles. The summed E-state index contributed by atoms with van der Waals surface area (Å²) in [5.41, 5.74) is -0.0235. The smallest absolute Gasteiger partial charge is 0.309 e. The molecule has 0 unspecified atom stereocenters. The maximum Gasteiger partial charge on any atom is 0.309 e. The molecule has 0 N–H and O–H groups in total. The Bertz CT molecular complexity index is 354. The van der Waals surface area contributed by atoms with Crippen LogP contribution in [0.1, 0.15) is 52.9 Å². The number of epoxide rings is 1. The minimum Gasteiger partial charge on any atom is -0.459 e. The average Bonchev–Trinajstić information content (AvgIpc) is 2.90. The lowest BCUT2D eigenvalue weighted by Crippen LogP contribution is -2.30. The molecule has 0 radical (unpaired) electrons. The SMILES string of the molecule is C[C@@H]1CCC[C@@]2(C)O[C@@H]2[C@H]2OC(=O)[C@H](C)[C@@H]2CC1. The Morgan fingerprint density at radius 3 is 2.78 bits per heavy atom. The fraction of sp³-hybridized carbons (Fsp3) is 0.933. The lowest BCUT2D eigenvalue weighted by Gasteiger charge is -2.23. The van der Waals surface area contributed by atoms with Gasteiger partial charge in [-0.05, 0) is 25.7 Å². The van der Waals surface area contributed by atoms with Crippen molar-refractivity contribution in [2.75, 3.05) is 0 Å². The maximum atomic E-state index is 11.8. The number of carbonyl (C=O) groups excluding carboxylic acids is 1. The molecule has 3 fully saturated rings. The normalized spacial score (nSPS) is 52.2. The minimum absolute atomic E-state index is 0.0165. The van der Waals surface area contributed by atoms with Gasteiger partial charge in [0, 0.05) is 5.92 Å². The van der Waals surface area contributed by atoms with Gasteiger partial charge in [0.25, 0.3) is 0 Å². The van der Waals surface area contributed by atoms with Gasteiger partial charge in [-0.3, -0.25) is 4.79 Å². The van der Waals surface area contributed by atoms with Gasteiger partial charge in [-0.1, -0.05) is 33.1 Å². The van der Waals surface area contributed by atoms with Crippen LogP contribution in [0.5, 0.6) is 0 Å². The predicted octanol–water partition coefficient (Wildman–Crippen LogP) is 2.92. The van der Waals surface area contributed by atoms with Crippen molar-refractivity contribution < 1.29 is 14.3 Å². The van der Waals surface area contributed by atoms with Crippen molar-refractivity contribution in [2.45, 2.75) is 70.7 Å². The lowest BCUT2D eigenvalue weighted by molar-refractivity contribution is -0.144. The third-order valence-electron chi connectivity index (χ3n) is 5.29. The van der Waals surface area contributed by atoms with E-state index in [9.17, 15) is 4.79 Å². The van der Waals surface area contributed by atoms with Gasteiger partial charge in [-0.25, -0.2) is 0 Å². The zero-order chi connectivity index (χ0) is 12.9. The van der Waals surface area contributed by atoms with Crippen molar-refractivity contribution in [3.8, 4) is 0 Å². The Kier molecular flexibility index (Phi) is 2.92. The molecule has 2 saturated heterocycles. The van der Waals surface area contributed by atoms with Gasteiger partial charge in [-0.2, -0.15) is 0 Å². The number of ether oxygens (including phenoxy) is 2. The fourth-order valence-corrected chi connectivity index (χ4v) is 3.78. The quantitative estimate of drug-likeness (QED) is 0.491. The standard InChI is InChI=1S/C15H24O3/c1-9-5-4-8-15(3)13(18-15)12-11(7-6-9)10(2)14(16)17-12/h9-13H,4-8H2,1-3H3/t9-,10-,11+,12+,13-,15-/m1/s1. The molecule has 0 aromatic heterocycles. The fourth-order valence-electron chi connectivity index (χ4n) is 3.78. The highest BCUT2D eigenvalue weighted by Crippen LogP contribution is 2.50. The van der Waals surface area contributed by atoms with E-state index in [0.29, 0.717) is 5.92 Å². The van der Waals surface area contributed by atoms with Crippen molar-refractivity contribution in [2.24, 2.45) is 17.8 Å². The summed E-state index contributed by atoms with van der Waals surface area (Å²) in [6, 6.07) is 0. The van der Waals surface area contributed by atoms with Crippen LogP contribution in [0.15, 0.2) is 0 Å². The summed E-state index contributed by atoms with van der Waals surface area (Å²) in [7, 11) is 0. The van der Waals surface area contributed by atoms with Crippen LogP contribution >= 0.6 is 0 Å². The highest BCUT2D eigenvalue weighted by Gasteiger charge is 2.62. The lowest BCUT2D eigenvalue weighted by atomic mass is 9.79. The number of fused-ring (bicyclic) bond motifs is 3. The van der Waals surface area contributed by atoms with Crippen molar-refractivity contribution in [3.63, 3.8) is 0 Å². The van der Waals surface area contributed by atoms with Crippen molar-refractivity contribution in [1.82, 2.24) is 0 Å². The molecule has 102 valence electrons. The van der Waals surface area contributed by atoms with Gasteiger partial charge >= 0.3 is 5.97 Å². The van der Waals surface area contributed by atoms with Crippen LogP contribution < -0.4 is 0 Å². The highest BCUT2D eigenvalue weighted by molar-refractivity contribution is 5.75. The zero-order valence-electron chi connectivity index (χ0n) is 11.6. The summed E-state index contributed by atoms with van der Waals surface area (Å²) in [6.07, 6.45) is 6.12. The third kappa shape index (κ3) is 1.97. The Morgan fingerprint density at radius 2 is 2.00 bits per heavy atom. The first kappa shape index (κ1) is 12.5. The summed E-state index contributed by atoms with van der Waals surface area (Å²) in [5.74, 6) is 1.15. The molecule has 3 aliphatic rings. The molecule has 0 aromatic rings. The second-order valence-electron chi connectivity index (χ2n) is 6.78. The van der Waals surface area contributed by atoms with E-state index in [1.807, 2.05) is 6.92 Å². The molecule has 0 aromatic carbocycles. The summed E-state index contributed by atoms with van der Waals surface area (Å²) in [6.45, 7) is 6.52. The third-order valence-corrected chi connectivity index (χ3v) is 5.29. The van der Waals surface area contributed by atoms with Crippen molar-refractivity contribution in [3.05, 3.63) is 0 Å². The maximum absolute atomic E-state index is 11.8. The monoisotopic (exact) mass is 252 g/mol. The number of carbonyl (C=O) groups is 1.